The van der Waals surface area contributed by atoms with Gasteiger partial charge in [-0.05, 0) is 32.1 Å². The highest BCUT2D eigenvalue weighted by atomic mass is 16.3. The summed E-state index contributed by atoms with van der Waals surface area (Å²) in [6, 6.07) is 2.04. The lowest BCUT2D eigenvalue weighted by atomic mass is 9.78. The first-order valence-corrected chi connectivity index (χ1v) is 8.52. The summed E-state index contributed by atoms with van der Waals surface area (Å²) in [5, 5.41) is 9.88. The number of nitrogens with zero attached hydrogens (tertiary/aromatic N) is 4. The summed E-state index contributed by atoms with van der Waals surface area (Å²) < 4.78 is 0. The molecule has 2 fully saturated rings. The molecule has 0 aliphatic carbocycles. The maximum absolute atomic E-state index is 9.88. The number of nitrogens with two attached hydrogens (primary N) is 1. The van der Waals surface area contributed by atoms with Crippen molar-refractivity contribution in [3.05, 3.63) is 18.7 Å². The lowest BCUT2D eigenvalue weighted by Gasteiger charge is -2.42. The van der Waals surface area contributed by atoms with E-state index < -0.39 is 0 Å². The molecule has 0 saturated carbocycles. The third-order valence-corrected chi connectivity index (χ3v) is 5.04. The Hall–Kier alpha value is -1.82. The maximum atomic E-state index is 9.88. The summed E-state index contributed by atoms with van der Waals surface area (Å²) in [5.74, 6) is 2.13. The first kappa shape index (κ1) is 16.1. The fourth-order valence-corrected chi connectivity index (χ4v) is 3.78. The molecule has 1 unspecified atom stereocenters. The van der Waals surface area contributed by atoms with Crippen LogP contribution in [0.25, 0.3) is 0 Å². The summed E-state index contributed by atoms with van der Waals surface area (Å²) >= 11 is 0. The van der Waals surface area contributed by atoms with E-state index in [1.54, 1.807) is 0 Å². The molecular weight excluding hydrogens is 290 g/mol. The lowest BCUT2D eigenvalue weighted by Crippen LogP contribution is -2.45. The monoisotopic (exact) mass is 317 g/mol. The Balaban J connectivity index is 1.84. The second-order valence-corrected chi connectivity index (χ2v) is 6.81. The Labute approximate surface area is 138 Å². The van der Waals surface area contributed by atoms with Gasteiger partial charge in [0.1, 0.15) is 11.6 Å². The van der Waals surface area contributed by atoms with Crippen molar-refractivity contribution >= 4 is 17.6 Å². The molecular formula is C17H27N5O. The van der Waals surface area contributed by atoms with E-state index in [0.29, 0.717) is 5.95 Å². The van der Waals surface area contributed by atoms with Crippen molar-refractivity contribution in [3.8, 4) is 0 Å². The van der Waals surface area contributed by atoms with Crippen LogP contribution in [0.3, 0.4) is 0 Å². The molecule has 2 aliphatic heterocycles. The molecule has 2 saturated heterocycles. The SMILES string of the molecule is C=CCC1(CO)CCCN(c2cc(N3CCCC3)nc(N)n2)C1. The largest absolute Gasteiger partial charge is 0.396 e. The number of rotatable bonds is 5. The van der Waals surface area contributed by atoms with Gasteiger partial charge in [-0.1, -0.05) is 6.08 Å². The number of nitrogen functional groups attached to an aromatic ring is 1. The van der Waals surface area contributed by atoms with Crippen LogP contribution in [0.4, 0.5) is 17.6 Å². The van der Waals surface area contributed by atoms with E-state index in [1.807, 2.05) is 12.1 Å². The average molecular weight is 317 g/mol. The molecule has 23 heavy (non-hydrogen) atoms. The van der Waals surface area contributed by atoms with Crippen LogP contribution < -0.4 is 15.5 Å². The van der Waals surface area contributed by atoms with Crippen LogP contribution in [0, 0.1) is 5.41 Å². The molecule has 1 atom stereocenters. The first-order valence-electron chi connectivity index (χ1n) is 8.52. The molecule has 0 amide bonds. The highest BCUT2D eigenvalue weighted by Crippen LogP contribution is 2.36. The zero-order valence-electron chi connectivity index (χ0n) is 13.7. The second-order valence-electron chi connectivity index (χ2n) is 6.81. The first-order chi connectivity index (χ1) is 11.2. The zero-order valence-corrected chi connectivity index (χ0v) is 13.7. The van der Waals surface area contributed by atoms with Crippen LogP contribution in [-0.2, 0) is 0 Å². The van der Waals surface area contributed by atoms with Crippen LogP contribution >= 0.6 is 0 Å². The number of allylic oxidation sites excluding steroid dienone is 1. The predicted molar refractivity (Wildman–Crippen MR) is 93.7 cm³/mol. The van der Waals surface area contributed by atoms with E-state index in [4.69, 9.17) is 5.73 Å². The van der Waals surface area contributed by atoms with E-state index in [2.05, 4.69) is 26.3 Å². The Kier molecular flexibility index (Phi) is 4.71. The number of aromatic nitrogens is 2. The normalized spacial score (nSPS) is 24.9. The van der Waals surface area contributed by atoms with Gasteiger partial charge in [0.2, 0.25) is 5.95 Å². The van der Waals surface area contributed by atoms with Crippen LogP contribution in [0.2, 0.25) is 0 Å². The number of hydrogen-bond acceptors (Lipinski definition) is 6. The van der Waals surface area contributed by atoms with Crippen molar-refractivity contribution < 1.29 is 5.11 Å². The highest BCUT2D eigenvalue weighted by Gasteiger charge is 2.34. The Morgan fingerprint density at radius 2 is 1.83 bits per heavy atom. The van der Waals surface area contributed by atoms with Crippen molar-refractivity contribution in [3.63, 3.8) is 0 Å². The van der Waals surface area contributed by atoms with E-state index in [-0.39, 0.29) is 12.0 Å². The molecule has 6 nitrogen and oxygen atoms in total. The highest BCUT2D eigenvalue weighted by molar-refractivity contribution is 5.54. The average Bonchev–Trinajstić information content (AvgIpc) is 3.09. The summed E-state index contributed by atoms with van der Waals surface area (Å²) in [4.78, 5) is 13.4. The lowest BCUT2D eigenvalue weighted by molar-refractivity contribution is 0.108. The minimum atomic E-state index is -0.118. The number of anilines is 3. The molecule has 0 radical (unpaired) electrons. The number of aliphatic hydroxyl groups is 1. The quantitative estimate of drug-likeness (QED) is 0.807. The van der Waals surface area contributed by atoms with Crippen LogP contribution in [-0.4, -0.2) is 47.9 Å². The molecule has 126 valence electrons. The topological polar surface area (TPSA) is 78.5 Å². The van der Waals surface area contributed by atoms with Crippen molar-refractivity contribution in [1.29, 1.82) is 0 Å². The molecule has 1 aromatic heterocycles. The summed E-state index contributed by atoms with van der Waals surface area (Å²) in [6.45, 7) is 7.81. The third kappa shape index (κ3) is 3.42. The number of hydrogen-bond donors (Lipinski definition) is 2. The van der Waals surface area contributed by atoms with Gasteiger partial charge in [0, 0.05) is 37.7 Å². The Bertz CT molecular complexity index is 558. The molecule has 0 bridgehead atoms. The van der Waals surface area contributed by atoms with Crippen LogP contribution in [0.15, 0.2) is 18.7 Å². The van der Waals surface area contributed by atoms with E-state index in [9.17, 15) is 5.11 Å². The minimum Gasteiger partial charge on any atom is -0.396 e. The summed E-state index contributed by atoms with van der Waals surface area (Å²) in [6.07, 6.45) is 7.19. The van der Waals surface area contributed by atoms with Gasteiger partial charge >= 0.3 is 0 Å². The van der Waals surface area contributed by atoms with Gasteiger partial charge in [-0.3, -0.25) is 0 Å². The van der Waals surface area contributed by atoms with Crippen molar-refractivity contribution in [2.45, 2.75) is 32.1 Å². The van der Waals surface area contributed by atoms with Crippen molar-refractivity contribution in [2.24, 2.45) is 5.41 Å². The van der Waals surface area contributed by atoms with Gasteiger partial charge in [0.15, 0.2) is 0 Å². The fourth-order valence-electron chi connectivity index (χ4n) is 3.78. The third-order valence-electron chi connectivity index (χ3n) is 5.04. The number of aliphatic hydroxyl groups excluding tert-OH is 1. The molecule has 3 heterocycles. The summed E-state index contributed by atoms with van der Waals surface area (Å²) in [5.41, 5.74) is 5.83. The van der Waals surface area contributed by atoms with Gasteiger partial charge in [-0.25, -0.2) is 0 Å². The van der Waals surface area contributed by atoms with E-state index in [0.717, 1.165) is 57.1 Å². The number of piperidine rings is 1. The standard InChI is InChI=1S/C17H27N5O/c1-2-6-17(13-23)7-5-10-22(12-17)15-11-14(19-16(18)20-15)21-8-3-4-9-21/h2,11,23H,1,3-10,12-13H2,(H2,18,19,20). The Morgan fingerprint density at radius 1 is 1.17 bits per heavy atom. The fraction of sp³-hybridized carbons (Fsp3) is 0.647. The van der Waals surface area contributed by atoms with Gasteiger partial charge in [-0.2, -0.15) is 9.97 Å². The molecule has 2 aliphatic rings. The zero-order chi connectivity index (χ0) is 16.3. The van der Waals surface area contributed by atoms with E-state index in [1.165, 1.54) is 12.8 Å². The molecule has 0 aromatic carbocycles. The van der Waals surface area contributed by atoms with Gasteiger partial charge in [0.25, 0.3) is 0 Å². The van der Waals surface area contributed by atoms with Crippen LogP contribution in [0.1, 0.15) is 32.1 Å². The van der Waals surface area contributed by atoms with Gasteiger partial charge in [0.05, 0.1) is 6.61 Å². The van der Waals surface area contributed by atoms with E-state index >= 15 is 0 Å². The smallest absolute Gasteiger partial charge is 0.223 e. The molecule has 1 aromatic rings. The molecule has 3 N–H and O–H groups in total. The summed E-state index contributed by atoms with van der Waals surface area (Å²) in [7, 11) is 0. The predicted octanol–water partition coefficient (Wildman–Crippen LogP) is 1.81. The molecule has 0 spiro atoms. The van der Waals surface area contributed by atoms with Gasteiger partial charge in [-0.15, -0.1) is 6.58 Å². The van der Waals surface area contributed by atoms with Crippen molar-refractivity contribution in [2.75, 3.05) is 48.3 Å². The second kappa shape index (κ2) is 6.74. The van der Waals surface area contributed by atoms with Crippen molar-refractivity contribution in [1.82, 2.24) is 9.97 Å². The van der Waals surface area contributed by atoms with Crippen LogP contribution in [0.5, 0.6) is 0 Å². The maximum Gasteiger partial charge on any atom is 0.223 e. The molecule has 3 rings (SSSR count). The molecule has 6 heteroatoms. The minimum absolute atomic E-state index is 0.118. The Morgan fingerprint density at radius 3 is 2.48 bits per heavy atom. The van der Waals surface area contributed by atoms with Gasteiger partial charge < -0.3 is 20.6 Å².